The molecule has 0 amide bonds. The standard InChI is InChI=1S/C17H13N3O/c21-17-14-10-18-20(11-12-6-2-1-3-7-12)16(14)13-8-4-5-9-15(13)19-17/h1-10H,11H2,(H,19,21). The van der Waals surface area contributed by atoms with Crippen molar-refractivity contribution in [3.05, 3.63) is 76.7 Å². The Labute approximate surface area is 120 Å². The molecule has 102 valence electrons. The van der Waals surface area contributed by atoms with Crippen molar-refractivity contribution in [3.8, 4) is 0 Å². The number of aromatic amines is 1. The number of nitrogens with zero attached hydrogens (tertiary/aromatic N) is 2. The van der Waals surface area contributed by atoms with E-state index in [1.165, 1.54) is 0 Å². The van der Waals surface area contributed by atoms with E-state index in [2.05, 4.69) is 22.2 Å². The van der Waals surface area contributed by atoms with Crippen LogP contribution in [0.1, 0.15) is 5.56 Å². The maximum atomic E-state index is 12.1. The summed E-state index contributed by atoms with van der Waals surface area (Å²) in [5, 5.41) is 6.04. The molecule has 0 unspecified atom stereocenters. The number of hydrogen-bond donors (Lipinski definition) is 1. The van der Waals surface area contributed by atoms with Crippen LogP contribution in [0.4, 0.5) is 0 Å². The highest BCUT2D eigenvalue weighted by Gasteiger charge is 2.11. The number of pyridine rings is 1. The molecule has 2 aromatic carbocycles. The Morgan fingerprint density at radius 1 is 0.952 bits per heavy atom. The van der Waals surface area contributed by atoms with Gasteiger partial charge in [0.15, 0.2) is 0 Å². The summed E-state index contributed by atoms with van der Waals surface area (Å²) in [7, 11) is 0. The SMILES string of the molecule is O=c1[nH]c2ccccc2c2c1cnn2Cc1ccccc1. The third-order valence-corrected chi connectivity index (χ3v) is 3.69. The Hall–Kier alpha value is -2.88. The summed E-state index contributed by atoms with van der Waals surface area (Å²) < 4.78 is 1.89. The summed E-state index contributed by atoms with van der Waals surface area (Å²) in [5.74, 6) is 0. The summed E-state index contributed by atoms with van der Waals surface area (Å²) in [4.78, 5) is 15.1. The van der Waals surface area contributed by atoms with Gasteiger partial charge >= 0.3 is 0 Å². The Morgan fingerprint density at radius 3 is 2.57 bits per heavy atom. The fourth-order valence-corrected chi connectivity index (χ4v) is 2.70. The first-order valence-electron chi connectivity index (χ1n) is 6.83. The average Bonchev–Trinajstić information content (AvgIpc) is 2.93. The zero-order valence-corrected chi connectivity index (χ0v) is 11.3. The summed E-state index contributed by atoms with van der Waals surface area (Å²) in [6.07, 6.45) is 1.64. The van der Waals surface area contributed by atoms with Crippen LogP contribution < -0.4 is 5.56 Å². The number of hydrogen-bond acceptors (Lipinski definition) is 2. The van der Waals surface area contributed by atoms with Gasteiger partial charge in [0.1, 0.15) is 0 Å². The highest BCUT2D eigenvalue weighted by Crippen LogP contribution is 2.21. The number of benzene rings is 2. The van der Waals surface area contributed by atoms with Crippen molar-refractivity contribution in [2.75, 3.05) is 0 Å². The number of H-pyrrole nitrogens is 1. The average molecular weight is 275 g/mol. The van der Waals surface area contributed by atoms with Gasteiger partial charge in [-0.2, -0.15) is 5.10 Å². The van der Waals surface area contributed by atoms with Crippen LogP contribution in [-0.2, 0) is 6.54 Å². The molecule has 0 spiro atoms. The molecule has 4 heteroatoms. The van der Waals surface area contributed by atoms with Crippen LogP contribution in [0, 0.1) is 0 Å². The lowest BCUT2D eigenvalue weighted by Gasteiger charge is -2.06. The van der Waals surface area contributed by atoms with Crippen LogP contribution in [0.25, 0.3) is 21.8 Å². The number of para-hydroxylation sites is 1. The Morgan fingerprint density at radius 2 is 1.71 bits per heavy atom. The molecule has 2 aromatic heterocycles. The third-order valence-electron chi connectivity index (χ3n) is 3.69. The number of rotatable bonds is 2. The second kappa shape index (κ2) is 4.59. The molecule has 4 nitrogen and oxygen atoms in total. The molecule has 4 aromatic rings. The minimum Gasteiger partial charge on any atom is -0.321 e. The van der Waals surface area contributed by atoms with E-state index in [-0.39, 0.29) is 5.56 Å². The van der Waals surface area contributed by atoms with Crippen molar-refractivity contribution in [1.29, 1.82) is 0 Å². The Balaban J connectivity index is 2.00. The number of fused-ring (bicyclic) bond motifs is 3. The van der Waals surface area contributed by atoms with Crippen molar-refractivity contribution >= 4 is 21.8 Å². The second-order valence-corrected chi connectivity index (χ2v) is 5.05. The van der Waals surface area contributed by atoms with Crippen molar-refractivity contribution in [2.45, 2.75) is 6.54 Å². The van der Waals surface area contributed by atoms with Gasteiger partial charge in [-0.25, -0.2) is 0 Å². The smallest absolute Gasteiger partial charge is 0.259 e. The summed E-state index contributed by atoms with van der Waals surface area (Å²) in [6.45, 7) is 0.651. The molecule has 0 radical (unpaired) electrons. The van der Waals surface area contributed by atoms with Gasteiger partial charge in [-0.15, -0.1) is 0 Å². The van der Waals surface area contributed by atoms with Gasteiger partial charge in [0, 0.05) is 5.39 Å². The lowest BCUT2D eigenvalue weighted by Crippen LogP contribution is -2.07. The van der Waals surface area contributed by atoms with E-state index in [1.54, 1.807) is 6.20 Å². The zero-order valence-electron chi connectivity index (χ0n) is 11.3. The molecule has 0 fully saturated rings. The summed E-state index contributed by atoms with van der Waals surface area (Å²) in [6, 6.07) is 17.9. The fourth-order valence-electron chi connectivity index (χ4n) is 2.70. The molecular weight excluding hydrogens is 262 g/mol. The minimum absolute atomic E-state index is 0.0944. The molecule has 0 aliphatic carbocycles. The van der Waals surface area contributed by atoms with Crippen LogP contribution in [0.5, 0.6) is 0 Å². The Kier molecular flexibility index (Phi) is 2.60. The van der Waals surface area contributed by atoms with E-state index in [4.69, 9.17) is 0 Å². The maximum absolute atomic E-state index is 12.1. The number of nitrogens with one attached hydrogen (secondary N) is 1. The van der Waals surface area contributed by atoms with Gasteiger partial charge in [-0.3, -0.25) is 9.48 Å². The molecule has 0 bridgehead atoms. The first-order valence-corrected chi connectivity index (χ1v) is 6.83. The van der Waals surface area contributed by atoms with Crippen molar-refractivity contribution in [2.24, 2.45) is 0 Å². The van der Waals surface area contributed by atoms with E-state index < -0.39 is 0 Å². The second-order valence-electron chi connectivity index (χ2n) is 5.05. The molecule has 0 aliphatic heterocycles. The molecule has 0 saturated carbocycles. The summed E-state index contributed by atoms with van der Waals surface area (Å²) in [5.41, 5.74) is 2.79. The van der Waals surface area contributed by atoms with Crippen molar-refractivity contribution in [3.63, 3.8) is 0 Å². The van der Waals surface area contributed by atoms with E-state index in [1.807, 2.05) is 47.1 Å². The van der Waals surface area contributed by atoms with Crippen LogP contribution in [0.2, 0.25) is 0 Å². The van der Waals surface area contributed by atoms with Gasteiger partial charge in [-0.05, 0) is 11.6 Å². The Bertz CT molecular complexity index is 983. The first-order chi connectivity index (χ1) is 10.3. The molecule has 21 heavy (non-hydrogen) atoms. The third kappa shape index (κ3) is 1.92. The van der Waals surface area contributed by atoms with Gasteiger partial charge in [-0.1, -0.05) is 48.5 Å². The van der Waals surface area contributed by atoms with Crippen LogP contribution in [0.3, 0.4) is 0 Å². The number of aromatic nitrogens is 3. The van der Waals surface area contributed by atoms with Gasteiger partial charge in [0.05, 0.1) is 29.2 Å². The quantitative estimate of drug-likeness (QED) is 0.611. The molecule has 1 N–H and O–H groups in total. The molecule has 0 atom stereocenters. The maximum Gasteiger partial charge on any atom is 0.259 e. The van der Waals surface area contributed by atoms with Crippen LogP contribution in [-0.4, -0.2) is 14.8 Å². The monoisotopic (exact) mass is 275 g/mol. The normalized spacial score (nSPS) is 11.2. The lowest BCUT2D eigenvalue weighted by atomic mass is 10.1. The molecule has 0 aliphatic rings. The topological polar surface area (TPSA) is 50.7 Å². The van der Waals surface area contributed by atoms with Crippen LogP contribution >= 0.6 is 0 Å². The molecule has 0 saturated heterocycles. The fraction of sp³-hybridized carbons (Fsp3) is 0.0588. The zero-order chi connectivity index (χ0) is 14.2. The highest BCUT2D eigenvalue weighted by atomic mass is 16.1. The van der Waals surface area contributed by atoms with E-state index in [0.29, 0.717) is 11.9 Å². The molecule has 2 heterocycles. The minimum atomic E-state index is -0.0944. The van der Waals surface area contributed by atoms with E-state index >= 15 is 0 Å². The predicted molar refractivity (Wildman–Crippen MR) is 83.4 cm³/mol. The van der Waals surface area contributed by atoms with Gasteiger partial charge < -0.3 is 4.98 Å². The van der Waals surface area contributed by atoms with E-state index in [9.17, 15) is 4.79 Å². The first kappa shape index (κ1) is 11.9. The lowest BCUT2D eigenvalue weighted by molar-refractivity contribution is 0.714. The van der Waals surface area contributed by atoms with Gasteiger partial charge in [0.2, 0.25) is 0 Å². The van der Waals surface area contributed by atoms with E-state index in [0.717, 1.165) is 22.0 Å². The van der Waals surface area contributed by atoms with Crippen molar-refractivity contribution < 1.29 is 0 Å². The molecule has 4 rings (SSSR count). The van der Waals surface area contributed by atoms with Gasteiger partial charge in [0.25, 0.3) is 5.56 Å². The predicted octanol–water partition coefficient (Wildman–Crippen LogP) is 2.93. The molecular formula is C17H13N3O. The largest absolute Gasteiger partial charge is 0.321 e. The summed E-state index contributed by atoms with van der Waals surface area (Å²) >= 11 is 0. The van der Waals surface area contributed by atoms with Crippen molar-refractivity contribution in [1.82, 2.24) is 14.8 Å². The highest BCUT2D eigenvalue weighted by molar-refractivity contribution is 6.02. The van der Waals surface area contributed by atoms with Crippen LogP contribution in [0.15, 0.2) is 65.6 Å².